The number of carbonyl (C=O) groups excluding carboxylic acids is 1. The summed E-state index contributed by atoms with van der Waals surface area (Å²) in [5.41, 5.74) is 0.701. The van der Waals surface area contributed by atoms with Crippen LogP contribution in [0.15, 0.2) is 35.3 Å². The van der Waals surface area contributed by atoms with Gasteiger partial charge in [-0.2, -0.15) is 11.8 Å². The summed E-state index contributed by atoms with van der Waals surface area (Å²) in [6.45, 7) is 1.43. The number of amides is 1. The molecule has 1 saturated carbocycles. The molecule has 1 aliphatic carbocycles. The number of nitrogens with zero attached hydrogens (tertiary/aromatic N) is 1. The highest BCUT2D eigenvalue weighted by molar-refractivity contribution is 14.0. The highest BCUT2D eigenvalue weighted by atomic mass is 127. The maximum atomic E-state index is 11.9. The second kappa shape index (κ2) is 12.4. The number of benzene rings is 1. The molecule has 1 fully saturated rings. The first-order chi connectivity index (χ1) is 11.7. The molecule has 25 heavy (non-hydrogen) atoms. The van der Waals surface area contributed by atoms with Crippen LogP contribution in [-0.4, -0.2) is 49.6 Å². The fourth-order valence-electron chi connectivity index (χ4n) is 2.86. The van der Waals surface area contributed by atoms with Crippen LogP contribution in [0, 0.1) is 0 Å². The molecule has 2 atom stereocenters. The normalized spacial score (nSPS) is 19.8. The molecule has 0 radical (unpaired) electrons. The topological polar surface area (TPSA) is 65.5 Å². The molecule has 3 N–H and O–H groups in total. The van der Waals surface area contributed by atoms with Gasteiger partial charge in [0.15, 0.2) is 5.96 Å². The summed E-state index contributed by atoms with van der Waals surface area (Å²) in [5, 5.41) is 10.5. The summed E-state index contributed by atoms with van der Waals surface area (Å²) >= 11 is 1.96. The third-order valence-electron chi connectivity index (χ3n) is 4.25. The van der Waals surface area contributed by atoms with Crippen LogP contribution in [0.3, 0.4) is 0 Å². The monoisotopic (exact) mass is 476 g/mol. The minimum Gasteiger partial charge on any atom is -0.356 e. The van der Waals surface area contributed by atoms with E-state index in [-0.39, 0.29) is 29.9 Å². The van der Waals surface area contributed by atoms with Gasteiger partial charge in [-0.1, -0.05) is 18.2 Å². The predicted molar refractivity (Wildman–Crippen MR) is 118 cm³/mol. The van der Waals surface area contributed by atoms with Gasteiger partial charge in [0.05, 0.1) is 0 Å². The molecule has 2 rings (SSSR count). The minimum atomic E-state index is -0.0211. The Kier molecular flexibility index (Phi) is 11.0. The number of nitrogens with one attached hydrogen (secondary N) is 3. The lowest BCUT2D eigenvalue weighted by Crippen LogP contribution is -2.43. The molecule has 1 aromatic rings. The van der Waals surface area contributed by atoms with E-state index in [4.69, 9.17) is 0 Å². The Balaban J connectivity index is 0.00000312. The molecule has 0 heterocycles. The Morgan fingerprint density at radius 1 is 1.20 bits per heavy atom. The fraction of sp³-hybridized carbons (Fsp3) is 0.556. The molecule has 0 saturated heterocycles. The van der Waals surface area contributed by atoms with Crippen LogP contribution in [0.5, 0.6) is 0 Å². The summed E-state index contributed by atoms with van der Waals surface area (Å²) in [6, 6.07) is 9.82. The highest BCUT2D eigenvalue weighted by Crippen LogP contribution is 2.27. The van der Waals surface area contributed by atoms with Crippen molar-refractivity contribution in [3.05, 3.63) is 35.9 Å². The number of hydrogen-bond donors (Lipinski definition) is 3. The molecular weight excluding hydrogens is 447 g/mol. The molecule has 1 amide bonds. The van der Waals surface area contributed by atoms with Crippen LogP contribution in [-0.2, 0) is 0 Å². The molecule has 0 aliphatic heterocycles. The van der Waals surface area contributed by atoms with Gasteiger partial charge in [0.1, 0.15) is 0 Å². The van der Waals surface area contributed by atoms with Gasteiger partial charge in [-0.15, -0.1) is 24.0 Å². The molecule has 0 bridgehead atoms. The lowest BCUT2D eigenvalue weighted by molar-refractivity contribution is 0.0953. The molecule has 0 spiro atoms. The minimum absolute atomic E-state index is 0. The molecule has 0 aromatic heterocycles. The molecule has 2 unspecified atom stereocenters. The largest absolute Gasteiger partial charge is 0.356 e. The van der Waals surface area contributed by atoms with Gasteiger partial charge in [-0.25, -0.2) is 0 Å². The summed E-state index contributed by atoms with van der Waals surface area (Å²) in [7, 11) is 1.80. The Morgan fingerprint density at radius 3 is 2.56 bits per heavy atom. The van der Waals surface area contributed by atoms with E-state index in [0.717, 1.165) is 24.2 Å². The average molecular weight is 476 g/mol. The Labute approximate surface area is 172 Å². The van der Waals surface area contributed by atoms with Crippen molar-refractivity contribution in [3.8, 4) is 0 Å². The van der Waals surface area contributed by atoms with Crippen LogP contribution in [0.4, 0.5) is 0 Å². The zero-order valence-corrected chi connectivity index (χ0v) is 18.1. The van der Waals surface area contributed by atoms with Crippen molar-refractivity contribution in [1.82, 2.24) is 16.0 Å². The van der Waals surface area contributed by atoms with Gasteiger partial charge >= 0.3 is 0 Å². The van der Waals surface area contributed by atoms with Crippen molar-refractivity contribution in [3.63, 3.8) is 0 Å². The number of aliphatic imine (C=N–C) groups is 1. The lowest BCUT2D eigenvalue weighted by atomic mass is 10.2. The van der Waals surface area contributed by atoms with Crippen LogP contribution >= 0.6 is 35.7 Å². The van der Waals surface area contributed by atoms with E-state index in [0.29, 0.717) is 18.2 Å². The summed E-state index contributed by atoms with van der Waals surface area (Å²) in [5.74, 6) is 0.836. The van der Waals surface area contributed by atoms with E-state index in [9.17, 15) is 4.79 Å². The van der Waals surface area contributed by atoms with Crippen molar-refractivity contribution >= 4 is 47.6 Å². The number of rotatable bonds is 7. The smallest absolute Gasteiger partial charge is 0.251 e. The zero-order chi connectivity index (χ0) is 17.2. The summed E-state index contributed by atoms with van der Waals surface area (Å²) < 4.78 is 0. The molecule has 1 aromatic carbocycles. The van der Waals surface area contributed by atoms with Crippen molar-refractivity contribution in [2.45, 2.75) is 37.0 Å². The van der Waals surface area contributed by atoms with Gasteiger partial charge in [-0.05, 0) is 44.1 Å². The van der Waals surface area contributed by atoms with E-state index in [1.807, 2.05) is 42.1 Å². The molecule has 140 valence electrons. The number of thioether (sulfide) groups is 1. The molecular formula is C18H29IN4OS. The Hall–Kier alpha value is -0.960. The van der Waals surface area contributed by atoms with Crippen molar-refractivity contribution < 1.29 is 4.79 Å². The third-order valence-corrected chi connectivity index (χ3v) is 5.34. The average Bonchev–Trinajstić information content (AvgIpc) is 3.08. The fourth-order valence-corrected chi connectivity index (χ4v) is 3.66. The predicted octanol–water partition coefficient (Wildman–Crippen LogP) is 2.87. The van der Waals surface area contributed by atoms with Gasteiger partial charge in [-0.3, -0.25) is 9.79 Å². The second-order valence-electron chi connectivity index (χ2n) is 5.99. The SMILES string of the molecule is CN=C(NCCCNC(=O)c1ccccc1)NC1CCC(SC)C1.I. The number of hydrogen-bond acceptors (Lipinski definition) is 3. The zero-order valence-electron chi connectivity index (χ0n) is 15.0. The van der Waals surface area contributed by atoms with E-state index in [1.165, 1.54) is 19.3 Å². The van der Waals surface area contributed by atoms with Crippen LogP contribution < -0.4 is 16.0 Å². The highest BCUT2D eigenvalue weighted by Gasteiger charge is 2.24. The number of halogens is 1. The number of carbonyl (C=O) groups is 1. The maximum Gasteiger partial charge on any atom is 0.251 e. The summed E-state index contributed by atoms with van der Waals surface area (Å²) in [6.07, 6.45) is 6.73. The summed E-state index contributed by atoms with van der Waals surface area (Å²) in [4.78, 5) is 16.2. The van der Waals surface area contributed by atoms with Crippen LogP contribution in [0.2, 0.25) is 0 Å². The van der Waals surface area contributed by atoms with Gasteiger partial charge in [0.25, 0.3) is 5.91 Å². The van der Waals surface area contributed by atoms with E-state index < -0.39 is 0 Å². The van der Waals surface area contributed by atoms with Gasteiger partial charge in [0.2, 0.25) is 0 Å². The van der Waals surface area contributed by atoms with E-state index in [2.05, 4.69) is 27.2 Å². The number of guanidine groups is 1. The quantitative estimate of drug-likeness (QED) is 0.245. The second-order valence-corrected chi connectivity index (χ2v) is 7.12. The Bertz CT molecular complexity index is 541. The third kappa shape index (κ3) is 7.85. The first kappa shape index (κ1) is 22.1. The van der Waals surface area contributed by atoms with E-state index in [1.54, 1.807) is 7.05 Å². The van der Waals surface area contributed by atoms with Crippen molar-refractivity contribution in [2.24, 2.45) is 4.99 Å². The molecule has 7 heteroatoms. The standard InChI is InChI=1S/C18H28N4OS.HI/c1-19-18(22-15-9-10-16(13-15)24-2)21-12-6-11-20-17(23)14-7-4-3-5-8-14;/h3-5,7-8,15-16H,6,9-13H2,1-2H3,(H,20,23)(H2,19,21,22);1H. The molecule has 5 nitrogen and oxygen atoms in total. The first-order valence-electron chi connectivity index (χ1n) is 8.56. The van der Waals surface area contributed by atoms with E-state index >= 15 is 0 Å². The van der Waals surface area contributed by atoms with Crippen molar-refractivity contribution in [2.75, 3.05) is 26.4 Å². The lowest BCUT2D eigenvalue weighted by Gasteiger charge is -2.17. The Morgan fingerprint density at radius 2 is 1.92 bits per heavy atom. The van der Waals surface area contributed by atoms with Gasteiger partial charge in [0, 0.05) is 37.0 Å². The van der Waals surface area contributed by atoms with Gasteiger partial charge < -0.3 is 16.0 Å². The first-order valence-corrected chi connectivity index (χ1v) is 9.85. The maximum absolute atomic E-state index is 11.9. The van der Waals surface area contributed by atoms with Crippen LogP contribution in [0.1, 0.15) is 36.0 Å². The van der Waals surface area contributed by atoms with Crippen molar-refractivity contribution in [1.29, 1.82) is 0 Å². The molecule has 1 aliphatic rings. The van der Waals surface area contributed by atoms with Crippen LogP contribution in [0.25, 0.3) is 0 Å².